The van der Waals surface area contributed by atoms with Crippen LogP contribution in [0.15, 0.2) is 36.5 Å². The Labute approximate surface area is 165 Å². The van der Waals surface area contributed by atoms with Gasteiger partial charge in [-0.15, -0.1) is 0 Å². The van der Waals surface area contributed by atoms with E-state index in [4.69, 9.17) is 25.8 Å². The summed E-state index contributed by atoms with van der Waals surface area (Å²) in [5.41, 5.74) is 1.01. The molecule has 0 bridgehead atoms. The van der Waals surface area contributed by atoms with Gasteiger partial charge in [0, 0.05) is 32.4 Å². The minimum atomic E-state index is 0.549. The van der Waals surface area contributed by atoms with Crippen LogP contribution in [0.4, 0.5) is 5.82 Å². The number of nitrogens with one attached hydrogen (secondary N) is 1. The highest BCUT2D eigenvalue weighted by molar-refractivity contribution is 6.32. The van der Waals surface area contributed by atoms with E-state index in [1.807, 2.05) is 37.3 Å². The zero-order valence-electron chi connectivity index (χ0n) is 15.6. The number of aromatic nitrogens is 1. The van der Waals surface area contributed by atoms with Gasteiger partial charge in [0.15, 0.2) is 11.5 Å². The first-order valence-electron chi connectivity index (χ1n) is 9.29. The van der Waals surface area contributed by atoms with Gasteiger partial charge in [0.1, 0.15) is 12.4 Å². The fourth-order valence-electron chi connectivity index (χ4n) is 2.89. The molecule has 146 valence electrons. The molecule has 1 aromatic carbocycles. The number of hydrogen-bond donors (Lipinski definition) is 1. The van der Waals surface area contributed by atoms with Crippen LogP contribution < -0.4 is 14.8 Å². The molecule has 1 aromatic heterocycles. The van der Waals surface area contributed by atoms with E-state index >= 15 is 0 Å². The molecule has 0 unspecified atom stereocenters. The summed E-state index contributed by atoms with van der Waals surface area (Å²) in [6, 6.07) is 9.63. The molecule has 0 spiro atoms. The first-order valence-corrected chi connectivity index (χ1v) is 9.67. The maximum atomic E-state index is 6.49. The second-order valence-electron chi connectivity index (χ2n) is 6.21. The number of anilines is 1. The predicted octanol–water partition coefficient (Wildman–Crippen LogP) is 3.46. The number of rotatable bonds is 9. The first kappa shape index (κ1) is 19.7. The van der Waals surface area contributed by atoms with Gasteiger partial charge in [-0.1, -0.05) is 17.7 Å². The zero-order valence-corrected chi connectivity index (χ0v) is 16.4. The molecule has 1 saturated heterocycles. The van der Waals surface area contributed by atoms with Crippen LogP contribution in [0.2, 0.25) is 5.02 Å². The molecule has 0 amide bonds. The summed E-state index contributed by atoms with van der Waals surface area (Å²) in [5.74, 6) is 2.09. The Morgan fingerprint density at radius 2 is 2.07 bits per heavy atom. The first-order chi connectivity index (χ1) is 13.3. The van der Waals surface area contributed by atoms with Gasteiger partial charge in [0.2, 0.25) is 0 Å². The Bertz CT molecular complexity index is 709. The van der Waals surface area contributed by atoms with Crippen molar-refractivity contribution in [2.75, 3.05) is 51.4 Å². The number of pyridine rings is 1. The molecule has 0 aliphatic carbocycles. The fourth-order valence-corrected chi connectivity index (χ4v) is 3.18. The maximum Gasteiger partial charge on any atom is 0.179 e. The van der Waals surface area contributed by atoms with Crippen molar-refractivity contribution in [3.63, 3.8) is 0 Å². The van der Waals surface area contributed by atoms with Crippen molar-refractivity contribution in [2.24, 2.45) is 0 Å². The summed E-state index contributed by atoms with van der Waals surface area (Å²) in [4.78, 5) is 6.59. The topological polar surface area (TPSA) is 55.8 Å². The van der Waals surface area contributed by atoms with E-state index in [0.717, 1.165) is 44.2 Å². The van der Waals surface area contributed by atoms with Crippen LogP contribution in [0.1, 0.15) is 12.5 Å². The highest BCUT2D eigenvalue weighted by Crippen LogP contribution is 2.37. The molecule has 1 aliphatic rings. The summed E-state index contributed by atoms with van der Waals surface area (Å²) in [6.45, 7) is 7.94. The van der Waals surface area contributed by atoms with Crippen molar-refractivity contribution in [3.05, 3.63) is 47.1 Å². The van der Waals surface area contributed by atoms with Gasteiger partial charge in [-0.25, -0.2) is 4.98 Å². The summed E-state index contributed by atoms with van der Waals surface area (Å²) in [7, 11) is 0. The molecule has 1 N–H and O–H groups in total. The van der Waals surface area contributed by atoms with Gasteiger partial charge in [-0.2, -0.15) is 0 Å². The van der Waals surface area contributed by atoms with Gasteiger partial charge in [-0.05, 0) is 36.8 Å². The summed E-state index contributed by atoms with van der Waals surface area (Å²) in [6.07, 6.45) is 1.76. The lowest BCUT2D eigenvalue weighted by atomic mass is 10.2. The number of hydrogen-bond acceptors (Lipinski definition) is 6. The molecule has 2 heterocycles. The molecule has 3 rings (SSSR count). The highest BCUT2D eigenvalue weighted by Gasteiger charge is 2.15. The second-order valence-corrected chi connectivity index (χ2v) is 6.62. The molecule has 0 saturated carbocycles. The third kappa shape index (κ3) is 5.99. The zero-order chi connectivity index (χ0) is 18.9. The molecular formula is C20H26ClN3O3. The molecule has 0 radical (unpaired) electrons. The lowest BCUT2D eigenvalue weighted by Crippen LogP contribution is -2.38. The average Bonchev–Trinajstić information content (AvgIpc) is 2.70. The van der Waals surface area contributed by atoms with E-state index in [1.54, 1.807) is 6.20 Å². The SMILES string of the molecule is CCOc1cc(CNc2ccccn2)cc(Cl)c1OCCN1CCOCC1. The Balaban J connectivity index is 1.62. The molecule has 27 heavy (non-hydrogen) atoms. The minimum Gasteiger partial charge on any atom is -0.490 e. The van der Waals surface area contributed by atoms with Crippen LogP contribution in [-0.2, 0) is 11.3 Å². The monoisotopic (exact) mass is 391 g/mol. The quantitative estimate of drug-likeness (QED) is 0.706. The van der Waals surface area contributed by atoms with Crippen molar-refractivity contribution < 1.29 is 14.2 Å². The lowest BCUT2D eigenvalue weighted by molar-refractivity contribution is 0.0321. The Morgan fingerprint density at radius 1 is 1.22 bits per heavy atom. The lowest BCUT2D eigenvalue weighted by Gasteiger charge is -2.26. The molecule has 6 nitrogen and oxygen atoms in total. The molecule has 7 heteroatoms. The number of halogens is 1. The number of morpholine rings is 1. The van der Waals surface area contributed by atoms with Crippen LogP contribution in [0.5, 0.6) is 11.5 Å². The van der Waals surface area contributed by atoms with E-state index in [0.29, 0.717) is 36.3 Å². The van der Waals surface area contributed by atoms with Crippen molar-refractivity contribution in [1.29, 1.82) is 0 Å². The van der Waals surface area contributed by atoms with Gasteiger partial charge >= 0.3 is 0 Å². The number of nitrogens with zero attached hydrogens (tertiary/aromatic N) is 2. The van der Waals surface area contributed by atoms with Gasteiger partial charge in [0.25, 0.3) is 0 Å². The third-order valence-electron chi connectivity index (χ3n) is 4.27. The van der Waals surface area contributed by atoms with Crippen LogP contribution in [0, 0.1) is 0 Å². The predicted molar refractivity (Wildman–Crippen MR) is 107 cm³/mol. The third-order valence-corrected chi connectivity index (χ3v) is 4.55. The summed E-state index contributed by atoms with van der Waals surface area (Å²) < 4.78 is 17.1. The van der Waals surface area contributed by atoms with Crippen molar-refractivity contribution >= 4 is 17.4 Å². The Kier molecular flexibility index (Phi) is 7.56. The number of benzene rings is 1. The fraction of sp³-hybridized carbons (Fsp3) is 0.450. The van der Waals surface area contributed by atoms with Crippen LogP contribution >= 0.6 is 11.6 Å². The summed E-state index contributed by atoms with van der Waals surface area (Å²) in [5, 5.41) is 3.83. The highest BCUT2D eigenvalue weighted by atomic mass is 35.5. The van der Waals surface area contributed by atoms with Gasteiger partial charge < -0.3 is 19.5 Å². The Morgan fingerprint density at radius 3 is 2.81 bits per heavy atom. The average molecular weight is 392 g/mol. The van der Waals surface area contributed by atoms with E-state index in [-0.39, 0.29) is 0 Å². The minimum absolute atomic E-state index is 0.549. The second kappa shape index (κ2) is 10.3. The van der Waals surface area contributed by atoms with Gasteiger partial charge in [-0.3, -0.25) is 4.90 Å². The van der Waals surface area contributed by atoms with Crippen LogP contribution in [0.3, 0.4) is 0 Å². The summed E-state index contributed by atoms with van der Waals surface area (Å²) >= 11 is 6.49. The normalized spacial score (nSPS) is 14.7. The Hall–Kier alpha value is -2.02. The van der Waals surface area contributed by atoms with E-state index in [1.165, 1.54) is 0 Å². The standard InChI is InChI=1S/C20H26ClN3O3/c1-2-26-18-14-16(15-23-19-5-3-4-6-22-19)13-17(21)20(18)27-12-9-24-7-10-25-11-8-24/h3-6,13-14H,2,7-12,15H2,1H3,(H,22,23). The molecular weight excluding hydrogens is 366 g/mol. The smallest absolute Gasteiger partial charge is 0.179 e. The van der Waals surface area contributed by atoms with Crippen molar-refractivity contribution in [2.45, 2.75) is 13.5 Å². The van der Waals surface area contributed by atoms with E-state index in [2.05, 4.69) is 15.2 Å². The van der Waals surface area contributed by atoms with E-state index < -0.39 is 0 Å². The molecule has 1 fully saturated rings. The number of ether oxygens (including phenoxy) is 3. The molecule has 2 aromatic rings. The van der Waals surface area contributed by atoms with Crippen molar-refractivity contribution in [3.8, 4) is 11.5 Å². The van der Waals surface area contributed by atoms with Gasteiger partial charge in [0.05, 0.1) is 24.8 Å². The van der Waals surface area contributed by atoms with E-state index in [9.17, 15) is 0 Å². The van der Waals surface area contributed by atoms with Crippen molar-refractivity contribution in [1.82, 2.24) is 9.88 Å². The molecule has 1 aliphatic heterocycles. The molecule has 0 atom stereocenters. The van der Waals surface area contributed by atoms with Crippen LogP contribution in [-0.4, -0.2) is 55.9 Å². The maximum absolute atomic E-state index is 6.49. The van der Waals surface area contributed by atoms with Crippen LogP contribution in [0.25, 0.3) is 0 Å². The largest absolute Gasteiger partial charge is 0.490 e.